The lowest BCUT2D eigenvalue weighted by atomic mass is 10.2. The zero-order valence-corrected chi connectivity index (χ0v) is 11.3. The van der Waals surface area contributed by atoms with Crippen LogP contribution in [0.25, 0.3) is 0 Å². The van der Waals surface area contributed by atoms with Gasteiger partial charge in [-0.3, -0.25) is 0 Å². The van der Waals surface area contributed by atoms with Crippen LogP contribution in [0.15, 0.2) is 30.3 Å². The van der Waals surface area contributed by atoms with E-state index >= 15 is 0 Å². The van der Waals surface area contributed by atoms with Crippen LogP contribution >= 0.6 is 0 Å². The molecule has 0 amide bonds. The molecule has 100 valence electrons. The van der Waals surface area contributed by atoms with E-state index in [1.54, 1.807) is 7.05 Å². The molecule has 0 saturated carbocycles. The first-order valence-electron chi connectivity index (χ1n) is 6.06. The summed E-state index contributed by atoms with van der Waals surface area (Å²) < 4.78 is 28.2. The van der Waals surface area contributed by atoms with Crippen LogP contribution in [0.1, 0.15) is 12.0 Å². The van der Waals surface area contributed by atoms with Crippen LogP contribution in [0.4, 0.5) is 0 Å². The Morgan fingerprint density at radius 1 is 1.39 bits per heavy atom. The van der Waals surface area contributed by atoms with E-state index in [2.05, 4.69) is 10.0 Å². The average molecular weight is 269 g/mol. The zero-order chi connectivity index (χ0) is 13.0. The van der Waals surface area contributed by atoms with Gasteiger partial charge in [0.25, 0.3) is 10.2 Å². The molecule has 1 fully saturated rings. The molecule has 1 unspecified atom stereocenters. The fraction of sp³-hybridized carbons (Fsp3) is 0.500. The van der Waals surface area contributed by atoms with E-state index in [-0.39, 0.29) is 6.04 Å². The van der Waals surface area contributed by atoms with Crippen LogP contribution in [-0.4, -0.2) is 38.9 Å². The predicted molar refractivity (Wildman–Crippen MR) is 71.2 cm³/mol. The molecule has 2 rings (SSSR count). The molecule has 5 nitrogen and oxygen atoms in total. The highest BCUT2D eigenvalue weighted by Crippen LogP contribution is 2.07. The predicted octanol–water partition coefficient (Wildman–Crippen LogP) is 0.315. The lowest BCUT2D eigenvalue weighted by molar-refractivity contribution is 0.446. The molecule has 1 saturated heterocycles. The molecule has 6 heteroatoms. The van der Waals surface area contributed by atoms with E-state index in [0.717, 1.165) is 18.5 Å². The highest BCUT2D eigenvalue weighted by Gasteiger charge is 2.24. The summed E-state index contributed by atoms with van der Waals surface area (Å²) in [5, 5.41) is 3.14. The lowest BCUT2D eigenvalue weighted by Gasteiger charge is -2.20. The molecule has 18 heavy (non-hydrogen) atoms. The van der Waals surface area contributed by atoms with E-state index in [4.69, 9.17) is 0 Å². The number of hydrogen-bond donors (Lipinski definition) is 2. The number of rotatable bonds is 5. The van der Waals surface area contributed by atoms with E-state index in [9.17, 15) is 8.42 Å². The average Bonchev–Trinajstić information content (AvgIpc) is 2.82. The summed E-state index contributed by atoms with van der Waals surface area (Å²) >= 11 is 0. The number of nitrogens with zero attached hydrogens (tertiary/aromatic N) is 1. The van der Waals surface area contributed by atoms with Crippen LogP contribution in [0, 0.1) is 0 Å². The van der Waals surface area contributed by atoms with Crippen molar-refractivity contribution in [3.8, 4) is 0 Å². The van der Waals surface area contributed by atoms with E-state index in [0.29, 0.717) is 13.1 Å². The molecule has 1 aliphatic heterocycles. The van der Waals surface area contributed by atoms with Crippen molar-refractivity contribution < 1.29 is 8.42 Å². The first-order chi connectivity index (χ1) is 8.58. The van der Waals surface area contributed by atoms with Crippen molar-refractivity contribution in [3.63, 3.8) is 0 Å². The molecule has 0 aromatic heterocycles. The molecule has 1 atom stereocenters. The summed E-state index contributed by atoms with van der Waals surface area (Å²) in [4.78, 5) is 0. The molecule has 2 N–H and O–H groups in total. The minimum Gasteiger partial charge on any atom is -0.315 e. The molecular weight excluding hydrogens is 250 g/mol. The Balaban J connectivity index is 1.96. The van der Waals surface area contributed by atoms with Crippen molar-refractivity contribution in [2.75, 3.05) is 20.1 Å². The van der Waals surface area contributed by atoms with Gasteiger partial charge in [0, 0.05) is 26.2 Å². The quantitative estimate of drug-likeness (QED) is 0.809. The van der Waals surface area contributed by atoms with Gasteiger partial charge in [-0.1, -0.05) is 30.3 Å². The molecule has 0 bridgehead atoms. The maximum Gasteiger partial charge on any atom is 0.279 e. The van der Waals surface area contributed by atoms with Crippen molar-refractivity contribution in [3.05, 3.63) is 35.9 Å². The maximum atomic E-state index is 12.1. The second-order valence-electron chi connectivity index (χ2n) is 4.55. The van der Waals surface area contributed by atoms with Gasteiger partial charge in [0.15, 0.2) is 0 Å². The summed E-state index contributed by atoms with van der Waals surface area (Å²) in [6.45, 7) is 1.96. The lowest BCUT2D eigenvalue weighted by Crippen LogP contribution is -2.44. The Kier molecular flexibility index (Phi) is 4.34. The molecule has 0 radical (unpaired) electrons. The Morgan fingerprint density at radius 3 is 2.72 bits per heavy atom. The van der Waals surface area contributed by atoms with Gasteiger partial charge in [0.1, 0.15) is 0 Å². The summed E-state index contributed by atoms with van der Waals surface area (Å²) in [6, 6.07) is 9.58. The standard InChI is InChI=1S/C12H19N3O2S/c1-15(10-11-5-3-2-4-6-11)18(16,17)14-12-7-8-13-9-12/h2-6,12-14H,7-10H2,1H3. The van der Waals surface area contributed by atoms with Gasteiger partial charge < -0.3 is 5.32 Å². The third kappa shape index (κ3) is 3.52. The van der Waals surface area contributed by atoms with Gasteiger partial charge in [-0.05, 0) is 18.5 Å². The largest absolute Gasteiger partial charge is 0.315 e. The highest BCUT2D eigenvalue weighted by atomic mass is 32.2. The number of benzene rings is 1. The second kappa shape index (κ2) is 5.79. The van der Waals surface area contributed by atoms with Crippen molar-refractivity contribution in [1.29, 1.82) is 0 Å². The third-order valence-electron chi connectivity index (χ3n) is 3.03. The summed E-state index contributed by atoms with van der Waals surface area (Å²) in [6.07, 6.45) is 0.846. The van der Waals surface area contributed by atoms with Gasteiger partial charge in [-0.2, -0.15) is 17.4 Å². The molecule has 0 aliphatic carbocycles. The monoisotopic (exact) mass is 269 g/mol. The summed E-state index contributed by atoms with van der Waals surface area (Å²) in [7, 11) is -1.80. The van der Waals surface area contributed by atoms with Gasteiger partial charge in [0.2, 0.25) is 0 Å². The zero-order valence-electron chi connectivity index (χ0n) is 10.5. The Bertz CT molecular complexity index is 469. The van der Waals surface area contributed by atoms with Gasteiger partial charge >= 0.3 is 0 Å². The van der Waals surface area contributed by atoms with Crippen LogP contribution in [0.3, 0.4) is 0 Å². The van der Waals surface area contributed by atoms with E-state index in [1.807, 2.05) is 30.3 Å². The van der Waals surface area contributed by atoms with Crippen LogP contribution in [-0.2, 0) is 16.8 Å². The minimum absolute atomic E-state index is 0.00761. The fourth-order valence-corrected chi connectivity index (χ4v) is 3.10. The first kappa shape index (κ1) is 13.5. The van der Waals surface area contributed by atoms with Gasteiger partial charge in [-0.15, -0.1) is 0 Å². The molecular formula is C12H19N3O2S. The number of hydrogen-bond acceptors (Lipinski definition) is 3. The van der Waals surface area contributed by atoms with Gasteiger partial charge in [-0.25, -0.2) is 0 Å². The molecule has 1 aromatic carbocycles. The van der Waals surface area contributed by atoms with Crippen LogP contribution in [0.5, 0.6) is 0 Å². The summed E-state index contributed by atoms with van der Waals surface area (Å²) in [5.41, 5.74) is 0.981. The molecule has 1 heterocycles. The SMILES string of the molecule is CN(Cc1ccccc1)S(=O)(=O)NC1CCNC1. The fourth-order valence-electron chi connectivity index (χ4n) is 1.98. The molecule has 1 aliphatic rings. The normalized spacial score (nSPS) is 20.4. The van der Waals surface area contributed by atoms with E-state index in [1.165, 1.54) is 4.31 Å². The van der Waals surface area contributed by atoms with E-state index < -0.39 is 10.2 Å². The van der Waals surface area contributed by atoms with Crippen molar-refractivity contribution in [1.82, 2.24) is 14.3 Å². The number of nitrogens with one attached hydrogen (secondary N) is 2. The Hall–Kier alpha value is -0.950. The smallest absolute Gasteiger partial charge is 0.279 e. The topological polar surface area (TPSA) is 61.4 Å². The van der Waals surface area contributed by atoms with Crippen molar-refractivity contribution >= 4 is 10.2 Å². The third-order valence-corrected chi connectivity index (χ3v) is 4.62. The highest BCUT2D eigenvalue weighted by molar-refractivity contribution is 7.87. The molecule has 0 spiro atoms. The van der Waals surface area contributed by atoms with Crippen molar-refractivity contribution in [2.45, 2.75) is 19.0 Å². The Labute approximate surface area is 108 Å². The minimum atomic E-state index is -3.40. The van der Waals surface area contributed by atoms with Crippen LogP contribution in [0.2, 0.25) is 0 Å². The van der Waals surface area contributed by atoms with Crippen molar-refractivity contribution in [2.24, 2.45) is 0 Å². The first-order valence-corrected chi connectivity index (χ1v) is 7.50. The molecule has 1 aromatic rings. The van der Waals surface area contributed by atoms with Crippen LogP contribution < -0.4 is 10.0 Å². The second-order valence-corrected chi connectivity index (χ2v) is 6.36. The summed E-state index contributed by atoms with van der Waals surface area (Å²) in [5.74, 6) is 0. The maximum absolute atomic E-state index is 12.1. The van der Waals surface area contributed by atoms with Gasteiger partial charge in [0.05, 0.1) is 0 Å². The Morgan fingerprint density at radius 2 is 2.11 bits per heavy atom.